The first-order chi connectivity index (χ1) is 19.3. The third-order valence-electron chi connectivity index (χ3n) is 6.92. The van der Waals surface area contributed by atoms with Crippen LogP contribution >= 0.6 is 0 Å². The van der Waals surface area contributed by atoms with Gasteiger partial charge in [0.15, 0.2) is 11.6 Å². The molecule has 6 rings (SSSR count). The van der Waals surface area contributed by atoms with Crippen molar-refractivity contribution in [3.63, 3.8) is 0 Å². The summed E-state index contributed by atoms with van der Waals surface area (Å²) in [6.07, 6.45) is 2.66. The van der Waals surface area contributed by atoms with Crippen molar-refractivity contribution in [3.05, 3.63) is 90.7 Å². The van der Waals surface area contributed by atoms with E-state index in [1.165, 1.54) is 18.5 Å². The summed E-state index contributed by atoms with van der Waals surface area (Å²) in [7, 11) is 0. The van der Waals surface area contributed by atoms with Gasteiger partial charge in [0.25, 0.3) is 0 Å². The molecule has 1 aliphatic rings. The van der Waals surface area contributed by atoms with Gasteiger partial charge in [0, 0.05) is 41.8 Å². The molecule has 0 unspecified atom stereocenters. The van der Waals surface area contributed by atoms with Crippen LogP contribution in [0, 0.1) is 19.7 Å². The number of fused-ring (bicyclic) bond motifs is 3. The fourth-order valence-electron chi connectivity index (χ4n) is 5.03. The van der Waals surface area contributed by atoms with Gasteiger partial charge in [0.1, 0.15) is 23.6 Å². The molecule has 0 saturated heterocycles. The molecule has 1 aliphatic heterocycles. The number of aryl methyl sites for hydroxylation is 2. The molecule has 9 nitrogen and oxygen atoms in total. The molecule has 10 heteroatoms. The van der Waals surface area contributed by atoms with Crippen molar-refractivity contribution in [2.45, 2.75) is 20.4 Å². The number of carbonyl (C=O) groups is 1. The number of rotatable bonds is 6. The number of benzene rings is 2. The number of amides is 1. The summed E-state index contributed by atoms with van der Waals surface area (Å²) in [5.74, 6) is 0.639. The summed E-state index contributed by atoms with van der Waals surface area (Å²) in [6.45, 7) is 8.58. The minimum Gasteiger partial charge on any atom is -0.436 e. The minimum atomic E-state index is -0.543. The number of carbonyl (C=O) groups excluding carboxylic acids is 1. The lowest BCUT2D eigenvalue weighted by molar-refractivity contribution is -0.111. The molecule has 40 heavy (non-hydrogen) atoms. The number of anilines is 4. The SMILES string of the molecule is C=CC(=O)Nc1cc(N2CCn3c2c(-c2ccc(Oc4cccc(C)n4)c(F)c2)c2c(N)ncnc23)ccc1C. The zero-order valence-electron chi connectivity index (χ0n) is 22.0. The van der Waals surface area contributed by atoms with Crippen LogP contribution in [-0.4, -0.2) is 32.0 Å². The minimum absolute atomic E-state index is 0.0595. The maximum atomic E-state index is 15.5. The second-order valence-electron chi connectivity index (χ2n) is 9.52. The largest absolute Gasteiger partial charge is 0.436 e. The highest BCUT2D eigenvalue weighted by atomic mass is 19.1. The van der Waals surface area contributed by atoms with Crippen LogP contribution in [0.4, 0.5) is 27.4 Å². The molecule has 0 aliphatic carbocycles. The lowest BCUT2D eigenvalue weighted by Crippen LogP contribution is -2.15. The standard InChI is InChI=1S/C30H26FN7O2/c1-4-24(39)36-22-15-20(10-8-17(22)2)37-12-13-38-29-27(28(32)33-16-34-29)26(30(37)38)19-9-11-23(21(31)14-19)40-25-7-5-6-18(3)35-25/h4-11,14-16H,1,12-13H2,2-3H3,(H,36,39)(H2,32,33,34). The zero-order chi connectivity index (χ0) is 28.0. The number of nitrogens with zero attached hydrogens (tertiary/aromatic N) is 5. The Morgan fingerprint density at radius 1 is 1.12 bits per heavy atom. The maximum Gasteiger partial charge on any atom is 0.247 e. The lowest BCUT2D eigenvalue weighted by Gasteiger charge is -2.21. The van der Waals surface area contributed by atoms with E-state index in [9.17, 15) is 4.79 Å². The number of hydrogen-bond acceptors (Lipinski definition) is 7. The number of nitrogens with one attached hydrogen (secondary N) is 1. The number of nitrogen functional groups attached to an aromatic ring is 1. The summed E-state index contributed by atoms with van der Waals surface area (Å²) in [5.41, 5.74) is 11.6. The molecule has 0 atom stereocenters. The molecule has 1 amide bonds. The molecule has 200 valence electrons. The number of nitrogens with two attached hydrogens (primary N) is 1. The highest BCUT2D eigenvalue weighted by molar-refractivity contribution is 6.08. The molecule has 0 radical (unpaired) electrons. The average Bonchev–Trinajstić information content (AvgIpc) is 3.50. The van der Waals surface area contributed by atoms with Crippen LogP contribution in [-0.2, 0) is 11.3 Å². The van der Waals surface area contributed by atoms with Gasteiger partial charge in [0.05, 0.1) is 5.39 Å². The Hall–Kier alpha value is -5.25. The summed E-state index contributed by atoms with van der Waals surface area (Å²) < 4.78 is 23.3. The van der Waals surface area contributed by atoms with Crippen LogP contribution in [0.3, 0.4) is 0 Å². The fourth-order valence-corrected chi connectivity index (χ4v) is 5.03. The van der Waals surface area contributed by atoms with E-state index in [4.69, 9.17) is 10.5 Å². The Morgan fingerprint density at radius 2 is 1.98 bits per heavy atom. The molecule has 4 heterocycles. The van der Waals surface area contributed by atoms with E-state index < -0.39 is 5.82 Å². The molecule has 0 spiro atoms. The molecular formula is C30H26FN7O2. The molecule has 2 aromatic carbocycles. The second-order valence-corrected chi connectivity index (χ2v) is 9.52. The average molecular weight is 536 g/mol. The van der Waals surface area contributed by atoms with Gasteiger partial charge in [-0.15, -0.1) is 0 Å². The van der Waals surface area contributed by atoms with Crippen molar-refractivity contribution < 1.29 is 13.9 Å². The van der Waals surface area contributed by atoms with Gasteiger partial charge in [-0.25, -0.2) is 19.3 Å². The molecular weight excluding hydrogens is 509 g/mol. The van der Waals surface area contributed by atoms with Crippen molar-refractivity contribution in [2.75, 3.05) is 22.5 Å². The topological polar surface area (TPSA) is 111 Å². The first-order valence-corrected chi connectivity index (χ1v) is 12.7. The summed E-state index contributed by atoms with van der Waals surface area (Å²) in [5, 5.41) is 3.51. The van der Waals surface area contributed by atoms with Gasteiger partial charge >= 0.3 is 0 Å². The van der Waals surface area contributed by atoms with Crippen molar-refractivity contribution in [1.82, 2.24) is 19.5 Å². The van der Waals surface area contributed by atoms with Gasteiger partial charge in [-0.1, -0.05) is 24.8 Å². The van der Waals surface area contributed by atoms with Gasteiger partial charge in [0.2, 0.25) is 11.8 Å². The Morgan fingerprint density at radius 3 is 2.75 bits per heavy atom. The van der Waals surface area contributed by atoms with Gasteiger partial charge < -0.3 is 25.3 Å². The van der Waals surface area contributed by atoms with E-state index in [1.54, 1.807) is 24.3 Å². The van der Waals surface area contributed by atoms with Crippen LogP contribution in [0.25, 0.3) is 22.2 Å². The van der Waals surface area contributed by atoms with E-state index >= 15 is 4.39 Å². The van der Waals surface area contributed by atoms with Crippen LogP contribution in [0.5, 0.6) is 11.6 Å². The van der Waals surface area contributed by atoms with Crippen LogP contribution in [0.1, 0.15) is 11.3 Å². The normalized spacial score (nSPS) is 12.4. The Bertz CT molecular complexity index is 1810. The monoisotopic (exact) mass is 535 g/mol. The number of pyridine rings is 1. The van der Waals surface area contributed by atoms with Crippen molar-refractivity contribution in [1.29, 1.82) is 0 Å². The van der Waals surface area contributed by atoms with Crippen LogP contribution in [0.15, 0.2) is 73.6 Å². The van der Waals surface area contributed by atoms with Crippen LogP contribution < -0.4 is 20.7 Å². The number of ether oxygens (including phenoxy) is 1. The smallest absolute Gasteiger partial charge is 0.247 e. The molecule has 3 aromatic heterocycles. The first-order valence-electron chi connectivity index (χ1n) is 12.7. The van der Waals surface area contributed by atoms with Gasteiger partial charge in [-0.05, 0) is 61.4 Å². The highest BCUT2D eigenvalue weighted by Crippen LogP contribution is 2.47. The molecule has 0 bridgehead atoms. The second kappa shape index (κ2) is 9.81. The predicted molar refractivity (Wildman–Crippen MR) is 153 cm³/mol. The zero-order valence-corrected chi connectivity index (χ0v) is 22.0. The predicted octanol–water partition coefficient (Wildman–Crippen LogP) is 5.90. The van der Waals surface area contributed by atoms with E-state index in [1.807, 2.05) is 38.1 Å². The summed E-state index contributed by atoms with van der Waals surface area (Å²) in [6, 6.07) is 16.0. The summed E-state index contributed by atoms with van der Waals surface area (Å²) in [4.78, 5) is 27.2. The van der Waals surface area contributed by atoms with Crippen molar-refractivity contribution in [2.24, 2.45) is 0 Å². The van der Waals surface area contributed by atoms with Crippen molar-refractivity contribution >= 4 is 40.0 Å². The molecule has 0 fully saturated rings. The van der Waals surface area contributed by atoms with Crippen molar-refractivity contribution in [3.8, 4) is 22.8 Å². The molecule has 0 saturated carbocycles. The third kappa shape index (κ3) is 4.29. The van der Waals surface area contributed by atoms with E-state index in [-0.39, 0.29) is 11.7 Å². The molecule has 3 N–H and O–H groups in total. The van der Waals surface area contributed by atoms with Gasteiger partial charge in [-0.3, -0.25) is 4.79 Å². The lowest BCUT2D eigenvalue weighted by atomic mass is 10.0. The van der Waals surface area contributed by atoms with Crippen LogP contribution in [0.2, 0.25) is 0 Å². The summed E-state index contributed by atoms with van der Waals surface area (Å²) >= 11 is 0. The van der Waals surface area contributed by atoms with Gasteiger partial charge in [-0.2, -0.15) is 0 Å². The Balaban J connectivity index is 1.48. The Kier molecular flexibility index (Phi) is 6.14. The maximum absolute atomic E-state index is 15.5. The van der Waals surface area contributed by atoms with E-state index in [0.717, 1.165) is 22.8 Å². The number of aromatic nitrogens is 4. The molecule has 5 aromatic rings. The Labute approximate surface area is 229 Å². The number of hydrogen-bond donors (Lipinski definition) is 2. The third-order valence-corrected chi connectivity index (χ3v) is 6.92. The number of halogens is 1. The van der Waals surface area contributed by atoms with E-state index in [0.29, 0.717) is 52.6 Å². The highest BCUT2D eigenvalue weighted by Gasteiger charge is 2.31. The first kappa shape index (κ1) is 25.1. The quantitative estimate of drug-likeness (QED) is 0.260. The fraction of sp³-hybridized carbons (Fsp3) is 0.133. The van der Waals surface area contributed by atoms with E-state index in [2.05, 4.69) is 36.3 Å².